The number of pyridine rings is 1. The second kappa shape index (κ2) is 8.43. The predicted molar refractivity (Wildman–Crippen MR) is 121 cm³/mol. The van der Waals surface area contributed by atoms with E-state index in [2.05, 4.69) is 20.5 Å². The average Bonchev–Trinajstić information content (AvgIpc) is 3.45. The molecule has 2 aromatic carbocycles. The van der Waals surface area contributed by atoms with Crippen LogP contribution in [0.3, 0.4) is 0 Å². The first-order valence-corrected chi connectivity index (χ1v) is 10.1. The van der Waals surface area contributed by atoms with Gasteiger partial charge >= 0.3 is 0 Å². The van der Waals surface area contributed by atoms with Gasteiger partial charge in [-0.2, -0.15) is 5.10 Å². The summed E-state index contributed by atoms with van der Waals surface area (Å²) in [6.45, 7) is 0.517. The standard InChI is InChI=1S/C24H20FN7/c1-31-16-28-29-24(31)18-11-21(14-26-12-18)27-13-19-15-32(22-5-3-2-4-6-22)30-23(19)17-7-9-20(25)10-8-17/h2-12,14-16,27H,13H2,1H3. The zero-order valence-corrected chi connectivity index (χ0v) is 17.4. The third-order valence-corrected chi connectivity index (χ3v) is 5.12. The summed E-state index contributed by atoms with van der Waals surface area (Å²) in [6.07, 6.45) is 7.16. The second-order valence-corrected chi connectivity index (χ2v) is 7.37. The minimum Gasteiger partial charge on any atom is -0.380 e. The quantitative estimate of drug-likeness (QED) is 0.434. The maximum atomic E-state index is 13.5. The molecule has 3 heterocycles. The molecular weight excluding hydrogens is 405 g/mol. The van der Waals surface area contributed by atoms with Crippen LogP contribution in [0, 0.1) is 5.82 Å². The molecule has 0 saturated carbocycles. The third kappa shape index (κ3) is 3.98. The molecule has 0 aliphatic carbocycles. The zero-order valence-electron chi connectivity index (χ0n) is 17.4. The number of para-hydroxylation sites is 1. The lowest BCUT2D eigenvalue weighted by Crippen LogP contribution is -2.01. The monoisotopic (exact) mass is 425 g/mol. The molecule has 0 radical (unpaired) electrons. The number of hydrogen-bond donors (Lipinski definition) is 1. The van der Waals surface area contributed by atoms with Crippen LogP contribution >= 0.6 is 0 Å². The molecule has 3 aromatic heterocycles. The Hall–Kier alpha value is -4.33. The van der Waals surface area contributed by atoms with E-state index in [0.29, 0.717) is 6.54 Å². The van der Waals surface area contributed by atoms with Crippen LogP contribution in [0.25, 0.3) is 28.3 Å². The highest BCUT2D eigenvalue weighted by atomic mass is 19.1. The van der Waals surface area contributed by atoms with Gasteiger partial charge in [0.2, 0.25) is 0 Å². The maximum Gasteiger partial charge on any atom is 0.165 e. The van der Waals surface area contributed by atoms with Gasteiger partial charge in [0, 0.05) is 48.9 Å². The van der Waals surface area contributed by atoms with Crippen molar-refractivity contribution in [3.63, 3.8) is 0 Å². The highest BCUT2D eigenvalue weighted by Gasteiger charge is 2.13. The summed E-state index contributed by atoms with van der Waals surface area (Å²) in [6, 6.07) is 18.3. The van der Waals surface area contributed by atoms with Crippen LogP contribution in [0.15, 0.2) is 85.6 Å². The van der Waals surface area contributed by atoms with Crippen LogP contribution in [-0.2, 0) is 13.6 Å². The molecule has 8 heteroatoms. The van der Waals surface area contributed by atoms with Gasteiger partial charge in [0.25, 0.3) is 0 Å². The maximum absolute atomic E-state index is 13.5. The highest BCUT2D eigenvalue weighted by Crippen LogP contribution is 2.26. The van der Waals surface area contributed by atoms with Gasteiger partial charge in [0.1, 0.15) is 12.1 Å². The predicted octanol–water partition coefficient (Wildman–Crippen LogP) is 4.48. The number of rotatable bonds is 6. The van der Waals surface area contributed by atoms with E-state index < -0.39 is 0 Å². The lowest BCUT2D eigenvalue weighted by atomic mass is 10.1. The van der Waals surface area contributed by atoms with Crippen molar-refractivity contribution in [1.82, 2.24) is 29.5 Å². The fourth-order valence-corrected chi connectivity index (χ4v) is 3.50. The summed E-state index contributed by atoms with van der Waals surface area (Å²) < 4.78 is 17.2. The van der Waals surface area contributed by atoms with Crippen molar-refractivity contribution in [1.29, 1.82) is 0 Å². The van der Waals surface area contributed by atoms with Crippen molar-refractivity contribution in [3.8, 4) is 28.3 Å². The van der Waals surface area contributed by atoms with Crippen molar-refractivity contribution >= 4 is 5.69 Å². The summed E-state index contributed by atoms with van der Waals surface area (Å²) in [5, 5.41) is 16.3. The Morgan fingerprint density at radius 1 is 0.969 bits per heavy atom. The van der Waals surface area contributed by atoms with Gasteiger partial charge in [0.05, 0.1) is 17.1 Å². The molecule has 1 N–H and O–H groups in total. The van der Waals surface area contributed by atoms with Crippen molar-refractivity contribution < 1.29 is 4.39 Å². The Morgan fingerprint density at radius 2 is 1.78 bits per heavy atom. The number of benzene rings is 2. The fourth-order valence-electron chi connectivity index (χ4n) is 3.50. The molecule has 158 valence electrons. The van der Waals surface area contributed by atoms with Crippen LogP contribution < -0.4 is 5.32 Å². The molecule has 0 unspecified atom stereocenters. The van der Waals surface area contributed by atoms with Gasteiger partial charge < -0.3 is 9.88 Å². The van der Waals surface area contributed by atoms with Crippen LogP contribution in [0.4, 0.5) is 10.1 Å². The lowest BCUT2D eigenvalue weighted by molar-refractivity contribution is 0.628. The molecule has 0 spiro atoms. The Labute approximate surface area is 184 Å². The summed E-state index contributed by atoms with van der Waals surface area (Å²) in [4.78, 5) is 4.33. The van der Waals surface area contributed by atoms with E-state index in [4.69, 9.17) is 5.10 Å². The van der Waals surface area contributed by atoms with Crippen molar-refractivity contribution in [3.05, 3.63) is 97.0 Å². The first-order valence-electron chi connectivity index (χ1n) is 10.1. The summed E-state index contributed by atoms with van der Waals surface area (Å²) in [7, 11) is 1.89. The Bertz CT molecular complexity index is 1340. The van der Waals surface area contributed by atoms with E-state index in [1.54, 1.807) is 30.9 Å². The lowest BCUT2D eigenvalue weighted by Gasteiger charge is -2.08. The normalized spacial score (nSPS) is 10.9. The zero-order chi connectivity index (χ0) is 21.9. The van der Waals surface area contributed by atoms with E-state index in [-0.39, 0.29) is 5.82 Å². The number of nitrogens with zero attached hydrogens (tertiary/aromatic N) is 6. The van der Waals surface area contributed by atoms with E-state index in [1.807, 2.05) is 58.9 Å². The second-order valence-electron chi connectivity index (χ2n) is 7.37. The molecule has 5 rings (SSSR count). The fraction of sp³-hybridized carbons (Fsp3) is 0.0833. The van der Waals surface area contributed by atoms with Gasteiger partial charge in [-0.15, -0.1) is 10.2 Å². The SMILES string of the molecule is Cn1cnnc1-c1cncc(NCc2cn(-c3ccccc3)nc2-c2ccc(F)cc2)c1. The molecule has 5 aromatic rings. The number of hydrogen-bond acceptors (Lipinski definition) is 5. The van der Waals surface area contributed by atoms with Gasteiger partial charge in [-0.05, 0) is 42.5 Å². The van der Waals surface area contributed by atoms with Gasteiger partial charge in [-0.1, -0.05) is 18.2 Å². The summed E-state index contributed by atoms with van der Waals surface area (Å²) in [5.74, 6) is 0.465. The summed E-state index contributed by atoms with van der Waals surface area (Å²) in [5.41, 5.74) is 5.29. The number of aryl methyl sites for hydroxylation is 1. The Morgan fingerprint density at radius 3 is 2.53 bits per heavy atom. The molecule has 0 fully saturated rings. The van der Waals surface area contributed by atoms with Crippen LogP contribution in [-0.4, -0.2) is 29.5 Å². The van der Waals surface area contributed by atoms with Crippen LogP contribution in [0.5, 0.6) is 0 Å². The van der Waals surface area contributed by atoms with Crippen LogP contribution in [0.1, 0.15) is 5.56 Å². The van der Waals surface area contributed by atoms with Crippen molar-refractivity contribution in [2.45, 2.75) is 6.54 Å². The first-order chi connectivity index (χ1) is 15.7. The molecular formula is C24H20FN7. The molecule has 0 atom stereocenters. The highest BCUT2D eigenvalue weighted by molar-refractivity contribution is 5.65. The molecule has 0 saturated heterocycles. The number of halogens is 1. The molecule has 32 heavy (non-hydrogen) atoms. The van der Waals surface area contributed by atoms with Gasteiger partial charge in [0.15, 0.2) is 5.82 Å². The smallest absolute Gasteiger partial charge is 0.165 e. The topological polar surface area (TPSA) is 73.5 Å². The van der Waals surface area contributed by atoms with Crippen molar-refractivity contribution in [2.75, 3.05) is 5.32 Å². The first kappa shape index (κ1) is 19.6. The average molecular weight is 425 g/mol. The number of nitrogens with one attached hydrogen (secondary N) is 1. The Kier molecular flexibility index (Phi) is 5.17. The van der Waals surface area contributed by atoms with Crippen LogP contribution in [0.2, 0.25) is 0 Å². The molecule has 0 bridgehead atoms. The van der Waals surface area contributed by atoms with E-state index in [1.165, 1.54) is 12.1 Å². The van der Waals surface area contributed by atoms with E-state index in [0.717, 1.165) is 39.6 Å². The Balaban J connectivity index is 1.46. The molecule has 7 nitrogen and oxygen atoms in total. The summed E-state index contributed by atoms with van der Waals surface area (Å²) >= 11 is 0. The minimum atomic E-state index is -0.275. The molecule has 0 amide bonds. The largest absolute Gasteiger partial charge is 0.380 e. The molecule has 0 aliphatic heterocycles. The van der Waals surface area contributed by atoms with Gasteiger partial charge in [-0.3, -0.25) is 4.98 Å². The number of aromatic nitrogens is 6. The third-order valence-electron chi connectivity index (χ3n) is 5.12. The van der Waals surface area contributed by atoms with E-state index in [9.17, 15) is 4.39 Å². The minimum absolute atomic E-state index is 0.275. The molecule has 0 aliphatic rings. The van der Waals surface area contributed by atoms with Gasteiger partial charge in [-0.25, -0.2) is 9.07 Å². The van der Waals surface area contributed by atoms with Crippen molar-refractivity contribution in [2.24, 2.45) is 7.05 Å². The number of anilines is 1. The van der Waals surface area contributed by atoms with E-state index >= 15 is 0 Å².